The van der Waals surface area contributed by atoms with Crippen molar-refractivity contribution in [2.45, 2.75) is 12.5 Å². The molecule has 0 amide bonds. The minimum absolute atomic E-state index is 0.0440. The van der Waals surface area contributed by atoms with Crippen molar-refractivity contribution in [3.8, 4) is 0 Å². The van der Waals surface area contributed by atoms with Gasteiger partial charge in [-0.2, -0.15) is 0 Å². The van der Waals surface area contributed by atoms with E-state index in [0.717, 1.165) is 11.6 Å². The molecule has 1 N–H and O–H groups in total. The molecule has 1 unspecified atom stereocenters. The van der Waals surface area contributed by atoms with Crippen LogP contribution < -0.4 is 5.32 Å². The molecule has 1 nitrogen and oxygen atoms in total. The van der Waals surface area contributed by atoms with Gasteiger partial charge in [-0.05, 0) is 47.5 Å². The molecule has 4 heteroatoms. The largest absolute Gasteiger partial charge is 0.313 e. The Bertz CT molecular complexity index is 766. The summed E-state index contributed by atoms with van der Waals surface area (Å²) in [6.45, 7) is 0. The minimum Gasteiger partial charge on any atom is -0.313 e. The molecule has 1 heterocycles. The molecule has 21 heavy (non-hydrogen) atoms. The molecule has 3 aromatic rings. The first-order valence-electron chi connectivity index (χ1n) is 6.77. The number of hydrogen-bond donors (Lipinski definition) is 1. The van der Waals surface area contributed by atoms with Gasteiger partial charge in [0, 0.05) is 10.7 Å². The number of likely N-dealkylation sites (N-methyl/N-ethyl adjacent to an activating group) is 1. The van der Waals surface area contributed by atoms with Gasteiger partial charge in [-0.15, -0.1) is 11.3 Å². The molecular weight excluding hydrogens is 288 g/mol. The van der Waals surface area contributed by atoms with Gasteiger partial charge in [0.25, 0.3) is 0 Å². The Morgan fingerprint density at radius 3 is 2.71 bits per heavy atom. The number of benzene rings is 2. The van der Waals surface area contributed by atoms with Crippen LogP contribution in [0.3, 0.4) is 0 Å². The zero-order valence-electron chi connectivity index (χ0n) is 11.6. The van der Waals surface area contributed by atoms with E-state index in [9.17, 15) is 8.78 Å². The summed E-state index contributed by atoms with van der Waals surface area (Å²) in [6.07, 6.45) is 0.417. The fourth-order valence-corrected chi connectivity index (χ4v) is 3.58. The molecule has 0 saturated carbocycles. The third-order valence-electron chi connectivity index (χ3n) is 3.69. The third-order valence-corrected chi connectivity index (χ3v) is 4.67. The number of rotatable bonds is 4. The van der Waals surface area contributed by atoms with Crippen molar-refractivity contribution in [1.29, 1.82) is 0 Å². The average molecular weight is 303 g/mol. The van der Waals surface area contributed by atoms with Crippen LogP contribution in [-0.4, -0.2) is 7.05 Å². The summed E-state index contributed by atoms with van der Waals surface area (Å²) in [5.74, 6) is -1.55. The molecule has 0 radical (unpaired) electrons. The quantitative estimate of drug-likeness (QED) is 0.738. The van der Waals surface area contributed by atoms with E-state index in [1.165, 1.54) is 10.1 Å². The molecule has 108 valence electrons. The van der Waals surface area contributed by atoms with E-state index in [4.69, 9.17) is 0 Å². The van der Waals surface area contributed by atoms with Gasteiger partial charge in [0.05, 0.1) is 0 Å². The number of halogens is 2. The van der Waals surface area contributed by atoms with E-state index in [1.54, 1.807) is 23.5 Å². The predicted octanol–water partition coefficient (Wildman–Crippen LogP) is 4.68. The van der Waals surface area contributed by atoms with Crippen molar-refractivity contribution in [1.82, 2.24) is 5.32 Å². The third kappa shape index (κ3) is 2.69. The maximum Gasteiger partial charge on any atom is 0.162 e. The highest BCUT2D eigenvalue weighted by Gasteiger charge is 2.17. The molecule has 0 aliphatic carbocycles. The number of fused-ring (bicyclic) bond motifs is 1. The highest BCUT2D eigenvalue weighted by atomic mass is 32.1. The van der Waals surface area contributed by atoms with Crippen LogP contribution in [0.25, 0.3) is 10.1 Å². The van der Waals surface area contributed by atoms with Gasteiger partial charge in [0.1, 0.15) is 0 Å². The Morgan fingerprint density at radius 1 is 1.10 bits per heavy atom. The molecule has 0 spiro atoms. The Kier molecular flexibility index (Phi) is 3.99. The molecule has 0 aliphatic rings. The summed E-state index contributed by atoms with van der Waals surface area (Å²) in [5.41, 5.74) is 1.52. The van der Waals surface area contributed by atoms with Gasteiger partial charge >= 0.3 is 0 Å². The lowest BCUT2D eigenvalue weighted by atomic mass is 9.98. The van der Waals surface area contributed by atoms with Crippen molar-refractivity contribution in [2.75, 3.05) is 7.05 Å². The van der Waals surface area contributed by atoms with Gasteiger partial charge in [-0.3, -0.25) is 0 Å². The zero-order chi connectivity index (χ0) is 14.8. The molecule has 0 aliphatic heterocycles. The van der Waals surface area contributed by atoms with Crippen LogP contribution in [0, 0.1) is 11.6 Å². The average Bonchev–Trinajstić information content (AvgIpc) is 2.93. The standard InChI is InChI=1S/C17H15F2NS/c1-20-15(9-11-5-4-7-14(18)17(11)19)13-10-21-16-8-3-2-6-12(13)16/h2-8,10,15,20H,9H2,1H3. The van der Waals surface area contributed by atoms with E-state index in [1.807, 2.05) is 19.2 Å². The summed E-state index contributed by atoms with van der Waals surface area (Å²) in [7, 11) is 1.84. The monoisotopic (exact) mass is 303 g/mol. The normalized spacial score (nSPS) is 12.7. The molecule has 2 aromatic carbocycles. The van der Waals surface area contributed by atoms with Gasteiger partial charge in [-0.1, -0.05) is 30.3 Å². The van der Waals surface area contributed by atoms with Crippen molar-refractivity contribution in [2.24, 2.45) is 0 Å². The SMILES string of the molecule is CNC(Cc1cccc(F)c1F)c1csc2ccccc12. The van der Waals surface area contributed by atoms with Crippen LogP contribution in [0.15, 0.2) is 47.8 Å². The van der Waals surface area contributed by atoms with E-state index in [2.05, 4.69) is 22.8 Å². The van der Waals surface area contributed by atoms with Crippen LogP contribution in [0.2, 0.25) is 0 Å². The van der Waals surface area contributed by atoms with Gasteiger partial charge < -0.3 is 5.32 Å². The van der Waals surface area contributed by atoms with Crippen molar-refractivity contribution in [3.63, 3.8) is 0 Å². The lowest BCUT2D eigenvalue weighted by Gasteiger charge is -2.16. The van der Waals surface area contributed by atoms with E-state index in [0.29, 0.717) is 12.0 Å². The second kappa shape index (κ2) is 5.92. The first-order chi connectivity index (χ1) is 10.2. The summed E-state index contributed by atoms with van der Waals surface area (Å²) < 4.78 is 28.4. The number of thiophene rings is 1. The summed E-state index contributed by atoms with van der Waals surface area (Å²) in [5, 5.41) is 6.46. The molecule has 1 atom stereocenters. The van der Waals surface area contributed by atoms with E-state index >= 15 is 0 Å². The van der Waals surface area contributed by atoms with E-state index in [-0.39, 0.29) is 6.04 Å². The lowest BCUT2D eigenvalue weighted by Crippen LogP contribution is -2.19. The smallest absolute Gasteiger partial charge is 0.162 e. The highest BCUT2D eigenvalue weighted by Crippen LogP contribution is 2.32. The first kappa shape index (κ1) is 14.2. The number of nitrogens with one attached hydrogen (secondary N) is 1. The molecule has 3 rings (SSSR count). The van der Waals surface area contributed by atoms with Crippen molar-refractivity contribution < 1.29 is 8.78 Å². The van der Waals surface area contributed by atoms with Gasteiger partial charge in [0.2, 0.25) is 0 Å². The van der Waals surface area contributed by atoms with E-state index < -0.39 is 11.6 Å². The Hall–Kier alpha value is -1.78. The lowest BCUT2D eigenvalue weighted by molar-refractivity contribution is 0.487. The van der Waals surface area contributed by atoms with Crippen LogP contribution in [0.4, 0.5) is 8.78 Å². The van der Waals surface area contributed by atoms with Gasteiger partial charge in [0.15, 0.2) is 11.6 Å². The summed E-state index contributed by atoms with van der Waals surface area (Å²) >= 11 is 1.67. The second-order valence-electron chi connectivity index (χ2n) is 4.95. The maximum atomic E-state index is 13.9. The summed E-state index contributed by atoms with van der Waals surface area (Å²) in [6, 6.07) is 12.4. The Balaban J connectivity index is 1.97. The molecule has 0 fully saturated rings. The molecule has 1 aromatic heterocycles. The Labute approximate surface area is 126 Å². The molecule has 0 bridgehead atoms. The van der Waals surface area contributed by atoms with Crippen LogP contribution in [0.5, 0.6) is 0 Å². The minimum atomic E-state index is -0.794. The zero-order valence-corrected chi connectivity index (χ0v) is 12.4. The fourth-order valence-electron chi connectivity index (χ4n) is 2.56. The fraction of sp³-hybridized carbons (Fsp3) is 0.176. The first-order valence-corrected chi connectivity index (χ1v) is 7.65. The topological polar surface area (TPSA) is 12.0 Å². The molecule has 0 saturated heterocycles. The van der Waals surface area contributed by atoms with Crippen molar-refractivity contribution >= 4 is 21.4 Å². The number of hydrogen-bond acceptors (Lipinski definition) is 2. The van der Waals surface area contributed by atoms with Crippen molar-refractivity contribution in [3.05, 3.63) is 70.6 Å². The van der Waals surface area contributed by atoms with Crippen LogP contribution in [0.1, 0.15) is 17.2 Å². The Morgan fingerprint density at radius 2 is 1.90 bits per heavy atom. The van der Waals surface area contributed by atoms with Crippen LogP contribution in [-0.2, 0) is 6.42 Å². The second-order valence-corrected chi connectivity index (χ2v) is 5.86. The summed E-state index contributed by atoms with van der Waals surface area (Å²) in [4.78, 5) is 0. The highest BCUT2D eigenvalue weighted by molar-refractivity contribution is 7.17. The predicted molar refractivity (Wildman–Crippen MR) is 83.7 cm³/mol. The molecular formula is C17H15F2NS. The van der Waals surface area contributed by atoms with Crippen LogP contribution >= 0.6 is 11.3 Å². The van der Waals surface area contributed by atoms with Gasteiger partial charge in [-0.25, -0.2) is 8.78 Å². The maximum absolute atomic E-state index is 13.9.